The van der Waals surface area contributed by atoms with Crippen molar-refractivity contribution >= 4 is 33.2 Å². The minimum atomic E-state index is 0.0815. The summed E-state index contributed by atoms with van der Waals surface area (Å²) in [7, 11) is 0. The molecule has 4 heteroatoms. The van der Waals surface area contributed by atoms with E-state index in [0.29, 0.717) is 13.0 Å². The summed E-state index contributed by atoms with van der Waals surface area (Å²) in [6, 6.07) is 18.4. The van der Waals surface area contributed by atoms with E-state index in [0.717, 1.165) is 16.5 Å². The minimum Gasteiger partial charge on any atom is -0.352 e. The van der Waals surface area contributed by atoms with E-state index in [9.17, 15) is 4.79 Å². The van der Waals surface area contributed by atoms with E-state index < -0.39 is 0 Å². The van der Waals surface area contributed by atoms with Crippen molar-refractivity contribution in [2.75, 3.05) is 0 Å². The maximum atomic E-state index is 12.1. The molecule has 0 aliphatic heterocycles. The summed E-state index contributed by atoms with van der Waals surface area (Å²) < 4.78 is 1.06. The third kappa shape index (κ3) is 4.56. The summed E-state index contributed by atoms with van der Waals surface area (Å²) in [6.45, 7) is 0.561. The molecule has 0 aliphatic carbocycles. The SMILES string of the molecule is O=C(CCc1ccc(Br)cc1)NCc1ccccc1-c1ccsc1. The Hall–Kier alpha value is -1.91. The van der Waals surface area contributed by atoms with Crippen LogP contribution >= 0.6 is 27.3 Å². The molecule has 1 aromatic heterocycles. The Labute approximate surface area is 154 Å². The zero-order chi connectivity index (χ0) is 16.8. The van der Waals surface area contributed by atoms with Crippen LogP contribution in [0.4, 0.5) is 0 Å². The molecular weight excluding hydrogens is 382 g/mol. The van der Waals surface area contributed by atoms with Crippen LogP contribution in [0, 0.1) is 0 Å². The van der Waals surface area contributed by atoms with Gasteiger partial charge in [-0.25, -0.2) is 0 Å². The van der Waals surface area contributed by atoms with Crippen molar-refractivity contribution in [3.63, 3.8) is 0 Å². The topological polar surface area (TPSA) is 29.1 Å². The third-order valence-electron chi connectivity index (χ3n) is 3.88. The highest BCUT2D eigenvalue weighted by molar-refractivity contribution is 9.10. The van der Waals surface area contributed by atoms with E-state index in [2.05, 4.69) is 50.2 Å². The van der Waals surface area contributed by atoms with Gasteiger partial charge in [0.25, 0.3) is 0 Å². The number of hydrogen-bond donors (Lipinski definition) is 1. The second-order valence-electron chi connectivity index (χ2n) is 5.57. The highest BCUT2D eigenvalue weighted by Crippen LogP contribution is 2.25. The standard InChI is InChI=1S/C20H18BrNOS/c21-18-8-5-15(6-9-18)7-10-20(23)22-13-16-3-1-2-4-19(16)17-11-12-24-14-17/h1-6,8-9,11-12,14H,7,10,13H2,(H,22,23). The van der Waals surface area contributed by atoms with Crippen molar-refractivity contribution in [3.8, 4) is 11.1 Å². The maximum Gasteiger partial charge on any atom is 0.220 e. The Morgan fingerprint density at radius 3 is 2.58 bits per heavy atom. The molecule has 0 unspecified atom stereocenters. The van der Waals surface area contributed by atoms with Crippen LogP contribution in [0.5, 0.6) is 0 Å². The normalized spacial score (nSPS) is 10.5. The van der Waals surface area contributed by atoms with E-state index in [1.54, 1.807) is 11.3 Å². The van der Waals surface area contributed by atoms with Crippen LogP contribution in [-0.4, -0.2) is 5.91 Å². The van der Waals surface area contributed by atoms with Crippen molar-refractivity contribution in [1.82, 2.24) is 5.32 Å². The smallest absolute Gasteiger partial charge is 0.220 e. The summed E-state index contributed by atoms with van der Waals surface area (Å²) in [5.74, 6) is 0.0815. The molecule has 3 aromatic rings. The number of benzene rings is 2. The first-order chi connectivity index (χ1) is 11.7. The van der Waals surface area contributed by atoms with Crippen molar-refractivity contribution < 1.29 is 4.79 Å². The van der Waals surface area contributed by atoms with E-state index in [4.69, 9.17) is 0 Å². The zero-order valence-corrected chi connectivity index (χ0v) is 15.6. The van der Waals surface area contributed by atoms with Crippen LogP contribution in [0.15, 0.2) is 69.8 Å². The van der Waals surface area contributed by atoms with Gasteiger partial charge in [0.05, 0.1) is 0 Å². The number of hydrogen-bond acceptors (Lipinski definition) is 2. The fourth-order valence-electron chi connectivity index (χ4n) is 2.56. The molecule has 1 heterocycles. The lowest BCUT2D eigenvalue weighted by Crippen LogP contribution is -2.23. The summed E-state index contributed by atoms with van der Waals surface area (Å²) in [4.78, 5) is 12.1. The lowest BCUT2D eigenvalue weighted by atomic mass is 10.0. The highest BCUT2D eigenvalue weighted by atomic mass is 79.9. The molecule has 24 heavy (non-hydrogen) atoms. The fourth-order valence-corrected chi connectivity index (χ4v) is 3.49. The fraction of sp³-hybridized carbons (Fsp3) is 0.150. The number of rotatable bonds is 6. The van der Waals surface area contributed by atoms with Crippen molar-refractivity contribution in [1.29, 1.82) is 0 Å². The number of carbonyl (C=O) groups is 1. The van der Waals surface area contributed by atoms with Crippen molar-refractivity contribution in [2.45, 2.75) is 19.4 Å². The average Bonchev–Trinajstić information content (AvgIpc) is 3.14. The van der Waals surface area contributed by atoms with Gasteiger partial charge in [0, 0.05) is 17.4 Å². The second kappa shape index (κ2) is 8.27. The first kappa shape index (κ1) is 16.9. The Balaban J connectivity index is 1.56. The number of carbonyl (C=O) groups excluding carboxylic acids is 1. The van der Waals surface area contributed by atoms with Crippen LogP contribution in [-0.2, 0) is 17.8 Å². The van der Waals surface area contributed by atoms with E-state index in [-0.39, 0.29) is 5.91 Å². The molecule has 3 rings (SSSR count). The molecule has 0 atom stereocenters. The third-order valence-corrected chi connectivity index (χ3v) is 5.09. The number of nitrogens with one attached hydrogen (secondary N) is 1. The molecule has 2 aromatic carbocycles. The molecule has 1 amide bonds. The Kier molecular flexibility index (Phi) is 5.83. The lowest BCUT2D eigenvalue weighted by molar-refractivity contribution is -0.121. The van der Waals surface area contributed by atoms with Crippen LogP contribution in [0.25, 0.3) is 11.1 Å². The van der Waals surface area contributed by atoms with Gasteiger partial charge in [0.1, 0.15) is 0 Å². The second-order valence-corrected chi connectivity index (χ2v) is 7.27. The molecule has 0 bridgehead atoms. The number of aryl methyl sites for hydroxylation is 1. The quantitative estimate of drug-likeness (QED) is 0.588. The number of thiophene rings is 1. The van der Waals surface area contributed by atoms with E-state index >= 15 is 0 Å². The molecule has 122 valence electrons. The van der Waals surface area contributed by atoms with E-state index in [1.807, 2.05) is 36.4 Å². The molecule has 0 spiro atoms. The van der Waals surface area contributed by atoms with Gasteiger partial charge in [0.2, 0.25) is 5.91 Å². The highest BCUT2D eigenvalue weighted by Gasteiger charge is 2.07. The van der Waals surface area contributed by atoms with Gasteiger partial charge in [-0.15, -0.1) is 0 Å². The van der Waals surface area contributed by atoms with Gasteiger partial charge in [-0.2, -0.15) is 11.3 Å². The van der Waals surface area contributed by atoms with Crippen LogP contribution in [0.2, 0.25) is 0 Å². The van der Waals surface area contributed by atoms with Gasteiger partial charge in [-0.3, -0.25) is 4.79 Å². The van der Waals surface area contributed by atoms with Gasteiger partial charge >= 0.3 is 0 Å². The Bertz CT molecular complexity index is 797. The van der Waals surface area contributed by atoms with Crippen LogP contribution in [0.1, 0.15) is 17.5 Å². The Morgan fingerprint density at radius 1 is 1.04 bits per heavy atom. The average molecular weight is 400 g/mol. The predicted octanol–water partition coefficient (Wildman–Crippen LogP) is 5.43. The summed E-state index contributed by atoms with van der Waals surface area (Å²) >= 11 is 5.10. The monoisotopic (exact) mass is 399 g/mol. The van der Waals surface area contributed by atoms with Gasteiger partial charge in [-0.05, 0) is 57.6 Å². The zero-order valence-electron chi connectivity index (χ0n) is 13.2. The first-order valence-corrected chi connectivity index (χ1v) is 9.57. The van der Waals surface area contributed by atoms with Gasteiger partial charge < -0.3 is 5.32 Å². The number of amides is 1. The molecule has 0 fully saturated rings. The summed E-state index contributed by atoms with van der Waals surface area (Å²) in [5.41, 5.74) is 4.71. The lowest BCUT2D eigenvalue weighted by Gasteiger charge is -2.10. The van der Waals surface area contributed by atoms with Gasteiger partial charge in [0.15, 0.2) is 0 Å². The van der Waals surface area contributed by atoms with Crippen LogP contribution < -0.4 is 5.32 Å². The Morgan fingerprint density at radius 2 is 1.83 bits per heavy atom. The predicted molar refractivity (Wildman–Crippen MR) is 104 cm³/mol. The molecule has 1 N–H and O–H groups in total. The maximum absolute atomic E-state index is 12.1. The molecule has 0 saturated heterocycles. The molecule has 2 nitrogen and oxygen atoms in total. The summed E-state index contributed by atoms with van der Waals surface area (Å²) in [5, 5.41) is 7.24. The molecule has 0 aliphatic rings. The summed E-state index contributed by atoms with van der Waals surface area (Å²) in [6.07, 6.45) is 1.26. The molecular formula is C20H18BrNOS. The van der Waals surface area contributed by atoms with E-state index in [1.165, 1.54) is 16.7 Å². The van der Waals surface area contributed by atoms with Gasteiger partial charge in [-0.1, -0.05) is 52.3 Å². The minimum absolute atomic E-state index is 0.0815. The largest absolute Gasteiger partial charge is 0.352 e. The van der Waals surface area contributed by atoms with Crippen molar-refractivity contribution in [3.05, 3.63) is 81.0 Å². The van der Waals surface area contributed by atoms with Crippen molar-refractivity contribution in [2.24, 2.45) is 0 Å². The number of halogens is 1. The first-order valence-electron chi connectivity index (χ1n) is 7.84. The van der Waals surface area contributed by atoms with Crippen LogP contribution in [0.3, 0.4) is 0 Å². The molecule has 0 saturated carbocycles. The molecule has 0 radical (unpaired) electrons.